The number of nitrogens with one attached hydrogen (secondary N) is 1. The van der Waals surface area contributed by atoms with Crippen molar-refractivity contribution in [3.63, 3.8) is 0 Å². The fourth-order valence-corrected chi connectivity index (χ4v) is 2.87. The summed E-state index contributed by atoms with van der Waals surface area (Å²) in [6.07, 6.45) is 1.93. The van der Waals surface area contributed by atoms with Crippen LogP contribution < -0.4 is 19.5 Å². The van der Waals surface area contributed by atoms with Gasteiger partial charge in [-0.3, -0.25) is 4.79 Å². The van der Waals surface area contributed by atoms with Gasteiger partial charge in [-0.15, -0.1) is 0 Å². The average Bonchev–Trinajstić information content (AvgIpc) is 2.73. The lowest BCUT2D eigenvalue weighted by molar-refractivity contribution is -0.123. The van der Waals surface area contributed by atoms with Gasteiger partial charge in [0.25, 0.3) is 5.91 Å². The molecule has 0 radical (unpaired) electrons. The van der Waals surface area contributed by atoms with Crippen LogP contribution in [0.15, 0.2) is 42.5 Å². The lowest BCUT2D eigenvalue weighted by atomic mass is 10.1. The average molecular weight is 414 g/mol. The first-order chi connectivity index (χ1) is 14.5. The van der Waals surface area contributed by atoms with Crippen molar-refractivity contribution in [1.29, 1.82) is 0 Å². The Labute approximate surface area is 178 Å². The van der Waals surface area contributed by atoms with E-state index in [0.717, 1.165) is 22.6 Å². The van der Waals surface area contributed by atoms with Crippen LogP contribution in [-0.4, -0.2) is 38.1 Å². The van der Waals surface area contributed by atoms with Crippen molar-refractivity contribution in [1.82, 2.24) is 5.32 Å². The summed E-state index contributed by atoms with van der Waals surface area (Å²) in [4.78, 5) is 23.1. The van der Waals surface area contributed by atoms with Crippen molar-refractivity contribution in [2.24, 2.45) is 0 Å². The fraction of sp³-hybridized carbons (Fsp3) is 0.417. The van der Waals surface area contributed by atoms with E-state index in [1.807, 2.05) is 56.3 Å². The molecule has 2 rings (SSSR count). The van der Waals surface area contributed by atoms with Gasteiger partial charge in [0.1, 0.15) is 11.5 Å². The molecule has 0 atom stereocenters. The number of amides is 1. The third-order valence-electron chi connectivity index (χ3n) is 4.40. The van der Waals surface area contributed by atoms with Gasteiger partial charge in [0, 0.05) is 13.0 Å². The van der Waals surface area contributed by atoms with Crippen LogP contribution in [0.25, 0.3) is 0 Å². The monoisotopic (exact) mass is 413 g/mol. The van der Waals surface area contributed by atoms with E-state index < -0.39 is 0 Å². The Hall–Kier alpha value is -3.02. The molecule has 0 spiro atoms. The standard InChI is InChI=1S/C24H31NO5/c1-4-28-22-13-10-20(16-23(22)29-5-2)14-15-25-24(27)17-30-21-11-8-19(9-12-21)7-6-18(3)26/h8-13,16H,4-7,14-15,17H2,1-3H3,(H,25,27). The van der Waals surface area contributed by atoms with Crippen LogP contribution in [0.1, 0.15) is 38.3 Å². The quantitative estimate of drug-likeness (QED) is 0.541. The second kappa shape index (κ2) is 12.5. The van der Waals surface area contributed by atoms with Gasteiger partial charge in [0.15, 0.2) is 18.1 Å². The Kier molecular flexibility index (Phi) is 9.71. The van der Waals surface area contributed by atoms with E-state index in [0.29, 0.717) is 44.8 Å². The summed E-state index contributed by atoms with van der Waals surface area (Å²) in [6, 6.07) is 13.3. The molecule has 1 amide bonds. The van der Waals surface area contributed by atoms with E-state index in [2.05, 4.69) is 5.32 Å². The summed E-state index contributed by atoms with van der Waals surface area (Å²) >= 11 is 0. The molecule has 0 aliphatic heterocycles. The van der Waals surface area contributed by atoms with Crippen LogP contribution in [0.4, 0.5) is 0 Å². The minimum atomic E-state index is -0.174. The fourth-order valence-electron chi connectivity index (χ4n) is 2.87. The third-order valence-corrected chi connectivity index (χ3v) is 4.40. The minimum absolute atomic E-state index is 0.0414. The lowest BCUT2D eigenvalue weighted by Gasteiger charge is -2.13. The molecule has 30 heavy (non-hydrogen) atoms. The Balaban J connectivity index is 1.74. The Morgan fingerprint density at radius 3 is 2.17 bits per heavy atom. The van der Waals surface area contributed by atoms with E-state index in [9.17, 15) is 9.59 Å². The Morgan fingerprint density at radius 2 is 1.50 bits per heavy atom. The first-order valence-electron chi connectivity index (χ1n) is 10.4. The molecule has 0 unspecified atom stereocenters. The molecule has 0 aromatic heterocycles. The maximum atomic E-state index is 12.0. The number of aryl methyl sites for hydroxylation is 1. The van der Waals surface area contributed by atoms with Crippen molar-refractivity contribution in [2.45, 2.75) is 40.0 Å². The van der Waals surface area contributed by atoms with Crippen LogP contribution in [0.2, 0.25) is 0 Å². The molecule has 6 heteroatoms. The van der Waals surface area contributed by atoms with Crippen LogP contribution >= 0.6 is 0 Å². The normalized spacial score (nSPS) is 10.4. The molecular weight excluding hydrogens is 382 g/mol. The maximum Gasteiger partial charge on any atom is 0.257 e. The molecule has 1 N–H and O–H groups in total. The van der Waals surface area contributed by atoms with Crippen LogP contribution in [0.5, 0.6) is 17.2 Å². The van der Waals surface area contributed by atoms with E-state index >= 15 is 0 Å². The second-order valence-corrected chi connectivity index (χ2v) is 6.88. The number of rotatable bonds is 13. The summed E-state index contributed by atoms with van der Waals surface area (Å²) in [5.41, 5.74) is 2.13. The summed E-state index contributed by atoms with van der Waals surface area (Å²) < 4.78 is 16.7. The number of ether oxygens (including phenoxy) is 3. The molecule has 2 aromatic carbocycles. The van der Waals surface area contributed by atoms with Gasteiger partial charge in [-0.05, 0) is 69.0 Å². The van der Waals surface area contributed by atoms with Crippen LogP contribution in [-0.2, 0) is 22.4 Å². The molecule has 162 valence electrons. The van der Waals surface area contributed by atoms with Gasteiger partial charge in [0.05, 0.1) is 13.2 Å². The molecule has 0 fully saturated rings. The van der Waals surface area contributed by atoms with E-state index in [4.69, 9.17) is 14.2 Å². The van der Waals surface area contributed by atoms with Crippen molar-refractivity contribution in [2.75, 3.05) is 26.4 Å². The van der Waals surface area contributed by atoms with Crippen molar-refractivity contribution < 1.29 is 23.8 Å². The highest BCUT2D eigenvalue weighted by Crippen LogP contribution is 2.28. The van der Waals surface area contributed by atoms with Crippen LogP contribution in [0.3, 0.4) is 0 Å². The topological polar surface area (TPSA) is 73.9 Å². The molecule has 0 saturated carbocycles. The van der Waals surface area contributed by atoms with Crippen LogP contribution in [0, 0.1) is 0 Å². The van der Waals surface area contributed by atoms with Gasteiger partial charge in [-0.25, -0.2) is 0 Å². The zero-order valence-corrected chi connectivity index (χ0v) is 18.0. The second-order valence-electron chi connectivity index (χ2n) is 6.88. The SMILES string of the molecule is CCOc1ccc(CCNC(=O)COc2ccc(CCC(C)=O)cc2)cc1OCC. The molecule has 2 aromatic rings. The highest BCUT2D eigenvalue weighted by molar-refractivity contribution is 5.77. The predicted octanol–water partition coefficient (Wildman–Crippen LogP) is 3.74. The number of carbonyl (C=O) groups is 2. The number of carbonyl (C=O) groups excluding carboxylic acids is 2. The third kappa shape index (κ3) is 8.15. The summed E-state index contributed by atoms with van der Waals surface area (Å²) in [5.74, 6) is 2.08. The molecule has 0 bridgehead atoms. The number of hydrogen-bond acceptors (Lipinski definition) is 5. The van der Waals surface area contributed by atoms with E-state index in [1.165, 1.54) is 0 Å². The summed E-state index contributed by atoms with van der Waals surface area (Å²) in [5, 5.41) is 2.86. The Bertz CT molecular complexity index is 817. The predicted molar refractivity (Wildman–Crippen MR) is 116 cm³/mol. The van der Waals surface area contributed by atoms with Gasteiger partial charge in [-0.2, -0.15) is 0 Å². The zero-order valence-electron chi connectivity index (χ0n) is 18.0. The molecule has 6 nitrogen and oxygen atoms in total. The highest BCUT2D eigenvalue weighted by atomic mass is 16.5. The van der Waals surface area contributed by atoms with E-state index in [-0.39, 0.29) is 18.3 Å². The molecule has 0 heterocycles. The summed E-state index contributed by atoms with van der Waals surface area (Å²) in [7, 11) is 0. The maximum absolute atomic E-state index is 12.0. The number of hydrogen-bond donors (Lipinski definition) is 1. The number of Topliss-reactive ketones (excluding diaryl/α,β-unsaturated/α-hetero) is 1. The highest BCUT2D eigenvalue weighted by Gasteiger charge is 2.07. The summed E-state index contributed by atoms with van der Waals surface area (Å²) in [6.45, 7) is 7.06. The van der Waals surface area contributed by atoms with Gasteiger partial charge < -0.3 is 24.3 Å². The first-order valence-corrected chi connectivity index (χ1v) is 10.4. The smallest absolute Gasteiger partial charge is 0.257 e. The van der Waals surface area contributed by atoms with Crippen molar-refractivity contribution in [3.8, 4) is 17.2 Å². The van der Waals surface area contributed by atoms with Gasteiger partial charge >= 0.3 is 0 Å². The zero-order chi connectivity index (χ0) is 21.8. The van der Waals surface area contributed by atoms with Crippen molar-refractivity contribution in [3.05, 3.63) is 53.6 Å². The number of benzene rings is 2. The lowest BCUT2D eigenvalue weighted by Crippen LogP contribution is -2.30. The number of ketones is 1. The minimum Gasteiger partial charge on any atom is -0.490 e. The first kappa shape index (κ1) is 23.3. The molecular formula is C24H31NO5. The van der Waals surface area contributed by atoms with E-state index in [1.54, 1.807) is 6.92 Å². The van der Waals surface area contributed by atoms with Gasteiger partial charge in [-0.1, -0.05) is 18.2 Å². The molecule has 0 aliphatic carbocycles. The van der Waals surface area contributed by atoms with Gasteiger partial charge in [0.2, 0.25) is 0 Å². The van der Waals surface area contributed by atoms with Crippen molar-refractivity contribution >= 4 is 11.7 Å². The molecule has 0 aliphatic rings. The molecule has 0 saturated heterocycles. The Morgan fingerprint density at radius 1 is 0.833 bits per heavy atom. The largest absolute Gasteiger partial charge is 0.490 e.